The summed E-state index contributed by atoms with van der Waals surface area (Å²) in [6, 6.07) is 19.8. The molecule has 0 radical (unpaired) electrons. The minimum Gasteiger partial charge on any atom is -0.492 e. The Balaban J connectivity index is 1.50. The van der Waals surface area contributed by atoms with Gasteiger partial charge in [0.15, 0.2) is 5.96 Å². The molecule has 1 fully saturated rings. The van der Waals surface area contributed by atoms with Crippen LogP contribution in [0.3, 0.4) is 0 Å². The number of rotatable bonds is 9. The fourth-order valence-corrected chi connectivity index (χ4v) is 3.94. The van der Waals surface area contributed by atoms with Gasteiger partial charge in [-0.2, -0.15) is 0 Å². The first-order valence-electron chi connectivity index (χ1n) is 11.2. The molecule has 2 aromatic rings. The number of para-hydroxylation sites is 1. The molecule has 1 saturated heterocycles. The molecule has 1 heterocycles. The number of hydrogen-bond acceptors (Lipinski definition) is 4. The highest BCUT2D eigenvalue weighted by molar-refractivity contribution is 5.80. The highest BCUT2D eigenvalue weighted by Gasteiger charge is 2.29. The fraction of sp³-hybridized carbons (Fsp3) is 0.480. The zero-order valence-electron chi connectivity index (χ0n) is 19.3. The van der Waals surface area contributed by atoms with E-state index in [2.05, 4.69) is 82.8 Å². The Morgan fingerprint density at radius 2 is 1.87 bits per heavy atom. The largest absolute Gasteiger partial charge is 0.492 e. The van der Waals surface area contributed by atoms with E-state index in [4.69, 9.17) is 4.74 Å². The highest BCUT2D eigenvalue weighted by atomic mass is 16.5. The maximum Gasteiger partial charge on any atom is 0.191 e. The molecule has 168 valence electrons. The molecule has 2 N–H and O–H groups in total. The summed E-state index contributed by atoms with van der Waals surface area (Å²) in [7, 11) is 5.93. The van der Waals surface area contributed by atoms with Gasteiger partial charge in [-0.25, -0.2) is 0 Å². The van der Waals surface area contributed by atoms with E-state index in [1.807, 2.05) is 25.2 Å². The van der Waals surface area contributed by atoms with Crippen LogP contribution in [0.5, 0.6) is 5.75 Å². The summed E-state index contributed by atoms with van der Waals surface area (Å²) in [5.74, 6) is 1.76. The zero-order chi connectivity index (χ0) is 22.1. The Hall–Kier alpha value is -2.57. The average Bonchev–Trinajstić information content (AvgIpc) is 3.11. The van der Waals surface area contributed by atoms with Crippen molar-refractivity contribution in [2.75, 3.05) is 40.8 Å². The highest BCUT2D eigenvalue weighted by Crippen LogP contribution is 2.21. The SMILES string of the molecule is CN=C(NCc1ccccc1OCCN(C)C)NC1CC(C)N(Cc2ccccc2)C1. The van der Waals surface area contributed by atoms with Gasteiger partial charge in [-0.1, -0.05) is 48.5 Å². The summed E-state index contributed by atoms with van der Waals surface area (Å²) in [5.41, 5.74) is 2.50. The number of benzene rings is 2. The van der Waals surface area contributed by atoms with Gasteiger partial charge in [0, 0.05) is 50.9 Å². The van der Waals surface area contributed by atoms with Crippen LogP contribution in [0.2, 0.25) is 0 Å². The Kier molecular flexibility index (Phi) is 8.74. The van der Waals surface area contributed by atoms with Crippen molar-refractivity contribution >= 4 is 5.96 Å². The summed E-state index contributed by atoms with van der Waals surface area (Å²) in [4.78, 5) is 9.10. The lowest BCUT2D eigenvalue weighted by atomic mass is 10.2. The second kappa shape index (κ2) is 11.7. The second-order valence-corrected chi connectivity index (χ2v) is 8.53. The maximum absolute atomic E-state index is 5.98. The lowest BCUT2D eigenvalue weighted by Gasteiger charge is -2.21. The standard InChI is InChI=1S/C25H37N5O/c1-20-16-23(19-30(20)18-21-10-6-5-7-11-21)28-25(26-2)27-17-22-12-8-9-13-24(22)31-15-14-29(3)4/h5-13,20,23H,14-19H2,1-4H3,(H2,26,27,28). The topological polar surface area (TPSA) is 52.1 Å². The first-order chi connectivity index (χ1) is 15.0. The third-order valence-corrected chi connectivity index (χ3v) is 5.71. The summed E-state index contributed by atoms with van der Waals surface area (Å²) >= 11 is 0. The monoisotopic (exact) mass is 423 g/mol. The van der Waals surface area contributed by atoms with E-state index in [0.29, 0.717) is 25.2 Å². The van der Waals surface area contributed by atoms with E-state index in [0.717, 1.165) is 43.3 Å². The van der Waals surface area contributed by atoms with Crippen LogP contribution in [0.15, 0.2) is 59.6 Å². The van der Waals surface area contributed by atoms with Crippen LogP contribution in [0, 0.1) is 0 Å². The van der Waals surface area contributed by atoms with Gasteiger partial charge in [-0.3, -0.25) is 9.89 Å². The van der Waals surface area contributed by atoms with Gasteiger partial charge in [0.25, 0.3) is 0 Å². The molecule has 31 heavy (non-hydrogen) atoms. The van der Waals surface area contributed by atoms with Crippen LogP contribution in [0.1, 0.15) is 24.5 Å². The molecular formula is C25H37N5O. The van der Waals surface area contributed by atoms with Crippen LogP contribution >= 0.6 is 0 Å². The number of aliphatic imine (C=N–C) groups is 1. The fourth-order valence-electron chi connectivity index (χ4n) is 3.94. The minimum atomic E-state index is 0.386. The van der Waals surface area contributed by atoms with Crippen molar-refractivity contribution in [1.29, 1.82) is 0 Å². The first-order valence-corrected chi connectivity index (χ1v) is 11.2. The molecule has 3 rings (SSSR count). The van der Waals surface area contributed by atoms with Crippen molar-refractivity contribution in [2.45, 2.75) is 38.5 Å². The molecule has 0 spiro atoms. The van der Waals surface area contributed by atoms with Crippen LogP contribution in [-0.2, 0) is 13.1 Å². The number of likely N-dealkylation sites (N-methyl/N-ethyl adjacent to an activating group) is 1. The third kappa shape index (κ3) is 7.26. The number of likely N-dealkylation sites (tertiary alicyclic amines) is 1. The Morgan fingerprint density at radius 1 is 1.13 bits per heavy atom. The Bertz CT molecular complexity index is 824. The number of hydrogen-bond donors (Lipinski definition) is 2. The predicted molar refractivity (Wildman–Crippen MR) is 129 cm³/mol. The van der Waals surface area contributed by atoms with Crippen LogP contribution in [0.4, 0.5) is 0 Å². The van der Waals surface area contributed by atoms with Crippen molar-refractivity contribution < 1.29 is 4.74 Å². The molecular weight excluding hydrogens is 386 g/mol. The molecule has 0 amide bonds. The molecule has 0 aliphatic carbocycles. The van der Waals surface area contributed by atoms with E-state index in [-0.39, 0.29) is 0 Å². The van der Waals surface area contributed by atoms with Crippen molar-refractivity contribution in [3.63, 3.8) is 0 Å². The van der Waals surface area contributed by atoms with E-state index >= 15 is 0 Å². The van der Waals surface area contributed by atoms with E-state index in [9.17, 15) is 0 Å². The predicted octanol–water partition coefficient (Wildman–Crippen LogP) is 2.96. The van der Waals surface area contributed by atoms with E-state index in [1.54, 1.807) is 0 Å². The molecule has 1 aliphatic heterocycles. The van der Waals surface area contributed by atoms with Crippen molar-refractivity contribution in [1.82, 2.24) is 20.4 Å². The third-order valence-electron chi connectivity index (χ3n) is 5.71. The molecule has 0 aromatic heterocycles. The van der Waals surface area contributed by atoms with Gasteiger partial charge in [-0.05, 0) is 39.1 Å². The number of ether oxygens (including phenoxy) is 1. The summed E-state index contributed by atoms with van der Waals surface area (Å²) in [5, 5.41) is 7.07. The minimum absolute atomic E-state index is 0.386. The summed E-state index contributed by atoms with van der Waals surface area (Å²) in [6.07, 6.45) is 1.11. The normalized spacial score (nSPS) is 19.6. The molecule has 6 nitrogen and oxygen atoms in total. The lowest BCUT2D eigenvalue weighted by Crippen LogP contribution is -2.44. The smallest absolute Gasteiger partial charge is 0.191 e. The maximum atomic E-state index is 5.98. The van der Waals surface area contributed by atoms with Gasteiger partial charge in [-0.15, -0.1) is 0 Å². The number of guanidine groups is 1. The summed E-state index contributed by atoms with van der Waals surface area (Å²) < 4.78 is 5.98. The van der Waals surface area contributed by atoms with Crippen molar-refractivity contribution in [2.24, 2.45) is 4.99 Å². The molecule has 2 aromatic carbocycles. The lowest BCUT2D eigenvalue weighted by molar-refractivity contribution is 0.258. The van der Waals surface area contributed by atoms with Crippen LogP contribution < -0.4 is 15.4 Å². The molecule has 0 bridgehead atoms. The van der Waals surface area contributed by atoms with E-state index < -0.39 is 0 Å². The second-order valence-electron chi connectivity index (χ2n) is 8.53. The Labute approximate surface area is 187 Å². The molecule has 2 unspecified atom stereocenters. The van der Waals surface area contributed by atoms with Crippen molar-refractivity contribution in [3.05, 3.63) is 65.7 Å². The average molecular weight is 424 g/mol. The molecule has 1 aliphatic rings. The van der Waals surface area contributed by atoms with E-state index in [1.165, 1.54) is 5.56 Å². The number of nitrogens with zero attached hydrogens (tertiary/aromatic N) is 3. The van der Waals surface area contributed by atoms with Gasteiger partial charge < -0.3 is 20.3 Å². The molecule has 2 atom stereocenters. The first kappa shape index (κ1) is 23.1. The van der Waals surface area contributed by atoms with Crippen LogP contribution in [-0.4, -0.2) is 68.7 Å². The number of nitrogens with one attached hydrogen (secondary N) is 2. The molecule has 6 heteroatoms. The van der Waals surface area contributed by atoms with Crippen LogP contribution in [0.25, 0.3) is 0 Å². The molecule has 0 saturated carbocycles. The Morgan fingerprint density at radius 3 is 2.61 bits per heavy atom. The van der Waals surface area contributed by atoms with Gasteiger partial charge in [0.1, 0.15) is 12.4 Å². The quantitative estimate of drug-likeness (QED) is 0.480. The van der Waals surface area contributed by atoms with Gasteiger partial charge in [0.2, 0.25) is 0 Å². The van der Waals surface area contributed by atoms with Gasteiger partial charge >= 0.3 is 0 Å². The zero-order valence-corrected chi connectivity index (χ0v) is 19.3. The van der Waals surface area contributed by atoms with Crippen molar-refractivity contribution in [3.8, 4) is 5.75 Å². The van der Waals surface area contributed by atoms with Gasteiger partial charge in [0.05, 0.1) is 0 Å². The summed E-state index contributed by atoms with van der Waals surface area (Å²) in [6.45, 7) is 6.55.